The van der Waals surface area contributed by atoms with Crippen molar-refractivity contribution >= 4 is 0 Å². The molecule has 0 heterocycles. The van der Waals surface area contributed by atoms with E-state index in [0.29, 0.717) is 6.54 Å². The minimum atomic E-state index is -5.45. The molecule has 0 radical (unpaired) electrons. The van der Waals surface area contributed by atoms with Gasteiger partial charge < -0.3 is 10.1 Å². The standard InChI is InChI=1S/C11H19F6NO/c1-4-5-18-8(7(2)3)6-19-9(10(12,13)14)11(15,16)17/h7-9,18H,4-6H2,1-3H3. The van der Waals surface area contributed by atoms with Gasteiger partial charge in [0, 0.05) is 6.04 Å². The van der Waals surface area contributed by atoms with Crippen molar-refractivity contribution in [2.24, 2.45) is 5.92 Å². The highest BCUT2D eigenvalue weighted by Gasteiger charge is 2.58. The van der Waals surface area contributed by atoms with Gasteiger partial charge in [-0.15, -0.1) is 0 Å². The van der Waals surface area contributed by atoms with Crippen LogP contribution < -0.4 is 5.32 Å². The van der Waals surface area contributed by atoms with Crippen molar-refractivity contribution in [2.45, 2.75) is 51.7 Å². The Labute approximate surface area is 108 Å². The quantitative estimate of drug-likeness (QED) is 0.726. The number of alkyl halides is 6. The highest BCUT2D eigenvalue weighted by Crippen LogP contribution is 2.35. The smallest absolute Gasteiger partial charge is 0.359 e. The Balaban J connectivity index is 4.60. The topological polar surface area (TPSA) is 21.3 Å². The van der Waals surface area contributed by atoms with E-state index in [9.17, 15) is 26.3 Å². The third-order valence-corrected chi connectivity index (χ3v) is 2.50. The van der Waals surface area contributed by atoms with Crippen LogP contribution in [0.3, 0.4) is 0 Å². The second-order valence-corrected chi connectivity index (χ2v) is 4.60. The first-order chi connectivity index (χ1) is 8.50. The molecule has 116 valence electrons. The van der Waals surface area contributed by atoms with Gasteiger partial charge in [0.15, 0.2) is 0 Å². The number of hydrogen-bond donors (Lipinski definition) is 1. The highest BCUT2D eigenvalue weighted by molar-refractivity contribution is 4.78. The number of rotatable bonds is 7. The lowest BCUT2D eigenvalue weighted by molar-refractivity contribution is -0.323. The van der Waals surface area contributed by atoms with E-state index in [1.165, 1.54) is 0 Å². The number of nitrogens with one attached hydrogen (secondary N) is 1. The zero-order valence-electron chi connectivity index (χ0n) is 11.0. The molecule has 0 aromatic rings. The van der Waals surface area contributed by atoms with E-state index in [-0.39, 0.29) is 5.92 Å². The van der Waals surface area contributed by atoms with Gasteiger partial charge in [0.1, 0.15) is 0 Å². The molecule has 1 N–H and O–H groups in total. The molecule has 0 saturated heterocycles. The van der Waals surface area contributed by atoms with Crippen LogP contribution in [-0.2, 0) is 4.74 Å². The van der Waals surface area contributed by atoms with Crippen molar-refractivity contribution < 1.29 is 31.1 Å². The van der Waals surface area contributed by atoms with Crippen molar-refractivity contribution in [2.75, 3.05) is 13.2 Å². The van der Waals surface area contributed by atoms with E-state index in [1.807, 2.05) is 6.92 Å². The third kappa shape index (κ3) is 7.00. The van der Waals surface area contributed by atoms with Gasteiger partial charge >= 0.3 is 12.4 Å². The normalized spacial score (nSPS) is 15.3. The maximum Gasteiger partial charge on any atom is 0.423 e. The lowest BCUT2D eigenvalue weighted by Gasteiger charge is -2.27. The molecule has 0 aromatic carbocycles. The molecule has 0 fully saturated rings. The van der Waals surface area contributed by atoms with E-state index >= 15 is 0 Å². The Morgan fingerprint density at radius 1 is 1.00 bits per heavy atom. The summed E-state index contributed by atoms with van der Waals surface area (Å²) < 4.78 is 77.6. The molecule has 8 heteroatoms. The molecule has 0 rings (SSSR count). The van der Waals surface area contributed by atoms with Gasteiger partial charge in [-0.05, 0) is 18.9 Å². The Kier molecular flexibility index (Phi) is 7.13. The molecular weight excluding hydrogens is 276 g/mol. The zero-order chi connectivity index (χ0) is 15.3. The van der Waals surface area contributed by atoms with E-state index < -0.39 is 31.1 Å². The van der Waals surface area contributed by atoms with Gasteiger partial charge in [-0.1, -0.05) is 20.8 Å². The fourth-order valence-corrected chi connectivity index (χ4v) is 1.39. The van der Waals surface area contributed by atoms with E-state index in [1.54, 1.807) is 13.8 Å². The van der Waals surface area contributed by atoms with Crippen LogP contribution in [0.25, 0.3) is 0 Å². The average molecular weight is 295 g/mol. The van der Waals surface area contributed by atoms with Crippen LogP contribution in [0.5, 0.6) is 0 Å². The van der Waals surface area contributed by atoms with Crippen LogP contribution in [0.4, 0.5) is 26.3 Å². The van der Waals surface area contributed by atoms with E-state index in [2.05, 4.69) is 10.1 Å². The molecule has 0 aliphatic heterocycles. The fourth-order valence-electron chi connectivity index (χ4n) is 1.39. The predicted octanol–water partition coefficient (Wildman–Crippen LogP) is 3.52. The van der Waals surface area contributed by atoms with Crippen molar-refractivity contribution in [1.82, 2.24) is 5.32 Å². The third-order valence-electron chi connectivity index (χ3n) is 2.50. The summed E-state index contributed by atoms with van der Waals surface area (Å²) in [5, 5.41) is 2.87. The maximum absolute atomic E-state index is 12.3. The highest BCUT2D eigenvalue weighted by atomic mass is 19.4. The molecule has 0 saturated carbocycles. The molecule has 0 bridgehead atoms. The molecule has 19 heavy (non-hydrogen) atoms. The fraction of sp³-hybridized carbons (Fsp3) is 1.00. The second kappa shape index (κ2) is 7.33. The van der Waals surface area contributed by atoms with Gasteiger partial charge in [0.25, 0.3) is 0 Å². The van der Waals surface area contributed by atoms with Gasteiger partial charge in [0.2, 0.25) is 6.10 Å². The maximum atomic E-state index is 12.3. The number of ether oxygens (including phenoxy) is 1. The van der Waals surface area contributed by atoms with Crippen LogP contribution in [0.15, 0.2) is 0 Å². The molecule has 0 aliphatic rings. The molecule has 0 aromatic heterocycles. The molecule has 0 amide bonds. The SMILES string of the molecule is CCCNC(COC(C(F)(F)F)C(F)(F)F)C(C)C. The first-order valence-electron chi connectivity index (χ1n) is 5.98. The molecule has 0 spiro atoms. The van der Waals surface area contributed by atoms with Crippen LogP contribution in [0, 0.1) is 5.92 Å². The first-order valence-corrected chi connectivity index (χ1v) is 5.98. The van der Waals surface area contributed by atoms with Gasteiger partial charge in [-0.3, -0.25) is 0 Å². The summed E-state index contributed by atoms with van der Waals surface area (Å²) in [4.78, 5) is 0. The van der Waals surface area contributed by atoms with Crippen LogP contribution in [0.1, 0.15) is 27.2 Å². The molecule has 1 unspecified atom stereocenters. The summed E-state index contributed by atoms with van der Waals surface area (Å²) in [7, 11) is 0. The van der Waals surface area contributed by atoms with E-state index in [0.717, 1.165) is 6.42 Å². The molecule has 1 atom stereocenters. The Hall–Kier alpha value is -0.500. The van der Waals surface area contributed by atoms with Crippen LogP contribution in [-0.4, -0.2) is 37.7 Å². The van der Waals surface area contributed by atoms with Gasteiger partial charge in [-0.2, -0.15) is 26.3 Å². The predicted molar refractivity (Wildman–Crippen MR) is 58.8 cm³/mol. The summed E-state index contributed by atoms with van der Waals surface area (Å²) in [6, 6.07) is -0.549. The number of hydrogen-bond acceptors (Lipinski definition) is 2. The largest absolute Gasteiger partial charge is 0.423 e. The Bertz CT molecular complexity index is 237. The summed E-state index contributed by atoms with van der Waals surface area (Å²) in [6.07, 6.45) is -13.9. The lowest BCUT2D eigenvalue weighted by Crippen LogP contribution is -2.48. The van der Waals surface area contributed by atoms with Crippen molar-refractivity contribution in [3.8, 4) is 0 Å². The minimum Gasteiger partial charge on any atom is -0.359 e. The average Bonchev–Trinajstić information content (AvgIpc) is 2.18. The molecule has 0 aliphatic carbocycles. The molecule has 2 nitrogen and oxygen atoms in total. The van der Waals surface area contributed by atoms with Crippen LogP contribution in [0.2, 0.25) is 0 Å². The summed E-state index contributed by atoms with van der Waals surface area (Å²) in [6.45, 7) is 5.12. The Morgan fingerprint density at radius 2 is 1.47 bits per heavy atom. The van der Waals surface area contributed by atoms with Crippen molar-refractivity contribution in [3.05, 3.63) is 0 Å². The summed E-state index contributed by atoms with van der Waals surface area (Å²) >= 11 is 0. The lowest BCUT2D eigenvalue weighted by atomic mass is 10.1. The van der Waals surface area contributed by atoms with E-state index in [4.69, 9.17) is 0 Å². The molecular formula is C11H19F6NO. The number of halogens is 6. The first kappa shape index (κ1) is 18.5. The van der Waals surface area contributed by atoms with Crippen molar-refractivity contribution in [3.63, 3.8) is 0 Å². The zero-order valence-corrected chi connectivity index (χ0v) is 11.0. The van der Waals surface area contributed by atoms with Crippen LogP contribution >= 0.6 is 0 Å². The summed E-state index contributed by atoms with van der Waals surface area (Å²) in [5.74, 6) is -0.131. The van der Waals surface area contributed by atoms with Gasteiger partial charge in [0.05, 0.1) is 6.61 Å². The minimum absolute atomic E-state index is 0.131. The summed E-state index contributed by atoms with van der Waals surface area (Å²) in [5.41, 5.74) is 0. The monoisotopic (exact) mass is 295 g/mol. The van der Waals surface area contributed by atoms with Crippen molar-refractivity contribution in [1.29, 1.82) is 0 Å². The Morgan fingerprint density at radius 3 is 1.79 bits per heavy atom. The second-order valence-electron chi connectivity index (χ2n) is 4.60. The van der Waals surface area contributed by atoms with Gasteiger partial charge in [-0.25, -0.2) is 0 Å².